The summed E-state index contributed by atoms with van der Waals surface area (Å²) in [5.41, 5.74) is 2.57. The van der Waals surface area contributed by atoms with Crippen LogP contribution in [-0.4, -0.2) is 32.6 Å². The predicted molar refractivity (Wildman–Crippen MR) is 103 cm³/mol. The average molecular weight is 368 g/mol. The van der Waals surface area contributed by atoms with Gasteiger partial charge in [0.05, 0.1) is 20.1 Å². The molecule has 0 aromatic heterocycles. The molecule has 2 N–H and O–H groups in total. The molecule has 0 fully saturated rings. The van der Waals surface area contributed by atoms with E-state index in [9.17, 15) is 9.59 Å². The smallest absolute Gasteiger partial charge is 0.228 e. The SMILES string of the molecule is COc1ccc2c(c1)[C@@H](C(=O)NCCCc1ccccc1OC)CC(=O)N2. The van der Waals surface area contributed by atoms with Gasteiger partial charge in [-0.2, -0.15) is 0 Å². The second-order valence-corrected chi connectivity index (χ2v) is 6.46. The van der Waals surface area contributed by atoms with Gasteiger partial charge >= 0.3 is 0 Å². The van der Waals surface area contributed by atoms with E-state index in [4.69, 9.17) is 9.47 Å². The number of nitrogens with one attached hydrogen (secondary N) is 2. The Morgan fingerprint density at radius 2 is 2.00 bits per heavy atom. The van der Waals surface area contributed by atoms with Crippen LogP contribution in [0, 0.1) is 0 Å². The first kappa shape index (κ1) is 18.8. The van der Waals surface area contributed by atoms with Gasteiger partial charge in [-0.1, -0.05) is 18.2 Å². The Bertz CT molecular complexity index is 835. The lowest BCUT2D eigenvalue weighted by Crippen LogP contribution is -2.35. The molecular formula is C21H24N2O4. The summed E-state index contributed by atoms with van der Waals surface area (Å²) in [6.45, 7) is 0.536. The number of anilines is 1. The van der Waals surface area contributed by atoms with Crippen LogP contribution in [0.1, 0.15) is 29.9 Å². The number of hydrogen-bond donors (Lipinski definition) is 2. The van der Waals surface area contributed by atoms with Crippen molar-refractivity contribution in [3.63, 3.8) is 0 Å². The van der Waals surface area contributed by atoms with Crippen molar-refractivity contribution in [3.05, 3.63) is 53.6 Å². The Balaban J connectivity index is 1.61. The van der Waals surface area contributed by atoms with Gasteiger partial charge in [0.15, 0.2) is 0 Å². The van der Waals surface area contributed by atoms with Gasteiger partial charge in [0, 0.05) is 18.7 Å². The van der Waals surface area contributed by atoms with Crippen LogP contribution in [-0.2, 0) is 16.0 Å². The van der Waals surface area contributed by atoms with E-state index >= 15 is 0 Å². The van der Waals surface area contributed by atoms with Gasteiger partial charge in [-0.3, -0.25) is 9.59 Å². The zero-order valence-electron chi connectivity index (χ0n) is 15.6. The molecule has 2 aromatic carbocycles. The van der Waals surface area contributed by atoms with Crippen molar-refractivity contribution in [3.8, 4) is 11.5 Å². The molecule has 0 saturated heterocycles. The maximum Gasteiger partial charge on any atom is 0.228 e. The van der Waals surface area contributed by atoms with Crippen LogP contribution in [0.25, 0.3) is 0 Å². The number of carbonyl (C=O) groups is 2. The fourth-order valence-corrected chi connectivity index (χ4v) is 3.32. The third-order valence-corrected chi connectivity index (χ3v) is 4.73. The molecule has 0 radical (unpaired) electrons. The fraction of sp³-hybridized carbons (Fsp3) is 0.333. The highest BCUT2D eigenvalue weighted by Gasteiger charge is 2.30. The van der Waals surface area contributed by atoms with Gasteiger partial charge in [-0.05, 0) is 48.2 Å². The molecule has 2 amide bonds. The van der Waals surface area contributed by atoms with Gasteiger partial charge in [-0.15, -0.1) is 0 Å². The van der Waals surface area contributed by atoms with Crippen LogP contribution in [0.5, 0.6) is 11.5 Å². The summed E-state index contributed by atoms with van der Waals surface area (Å²) in [6, 6.07) is 13.2. The Labute approximate surface area is 158 Å². The van der Waals surface area contributed by atoms with E-state index < -0.39 is 5.92 Å². The van der Waals surface area contributed by atoms with Crippen molar-refractivity contribution in [2.24, 2.45) is 0 Å². The van der Waals surface area contributed by atoms with E-state index in [1.807, 2.05) is 30.3 Å². The van der Waals surface area contributed by atoms with Gasteiger partial charge in [-0.25, -0.2) is 0 Å². The molecule has 6 nitrogen and oxygen atoms in total. The average Bonchev–Trinajstić information content (AvgIpc) is 2.70. The van der Waals surface area contributed by atoms with Gasteiger partial charge in [0.2, 0.25) is 11.8 Å². The van der Waals surface area contributed by atoms with E-state index in [-0.39, 0.29) is 18.2 Å². The third-order valence-electron chi connectivity index (χ3n) is 4.73. The summed E-state index contributed by atoms with van der Waals surface area (Å²) in [4.78, 5) is 24.6. The standard InChI is InChI=1S/C21H24N2O4/c1-26-15-9-10-18-16(12-15)17(13-20(24)23-18)21(25)22-11-5-7-14-6-3-4-8-19(14)27-2/h3-4,6,8-10,12,17H,5,7,11,13H2,1-2H3,(H,22,25)(H,23,24)/t17-/m0/s1. The van der Waals surface area contributed by atoms with Crippen molar-refractivity contribution < 1.29 is 19.1 Å². The minimum absolute atomic E-state index is 0.137. The van der Waals surface area contributed by atoms with E-state index in [0.717, 1.165) is 29.7 Å². The Morgan fingerprint density at radius 1 is 1.19 bits per heavy atom. The summed E-state index contributed by atoms with van der Waals surface area (Å²) >= 11 is 0. The topological polar surface area (TPSA) is 76.7 Å². The summed E-state index contributed by atoms with van der Waals surface area (Å²) in [5.74, 6) is 0.726. The molecule has 1 aliphatic rings. The second kappa shape index (κ2) is 8.58. The van der Waals surface area contributed by atoms with E-state index in [0.29, 0.717) is 18.0 Å². The first-order valence-electron chi connectivity index (χ1n) is 8.99. The number of methoxy groups -OCH3 is 2. The molecule has 1 heterocycles. The van der Waals surface area contributed by atoms with Crippen LogP contribution >= 0.6 is 0 Å². The molecule has 142 valence electrons. The largest absolute Gasteiger partial charge is 0.497 e. The minimum Gasteiger partial charge on any atom is -0.497 e. The van der Waals surface area contributed by atoms with Gasteiger partial charge < -0.3 is 20.1 Å². The summed E-state index contributed by atoms with van der Waals surface area (Å²) in [6.07, 6.45) is 1.73. The number of rotatable bonds is 7. The molecule has 0 aliphatic carbocycles. The lowest BCUT2D eigenvalue weighted by atomic mass is 9.89. The lowest BCUT2D eigenvalue weighted by molar-refractivity contribution is -0.126. The number of para-hydroxylation sites is 1. The molecule has 6 heteroatoms. The highest BCUT2D eigenvalue weighted by Crippen LogP contribution is 2.35. The molecule has 1 atom stereocenters. The normalized spacial score (nSPS) is 15.5. The molecule has 27 heavy (non-hydrogen) atoms. The Hall–Kier alpha value is -3.02. The summed E-state index contributed by atoms with van der Waals surface area (Å²) < 4.78 is 10.6. The molecule has 0 spiro atoms. The molecule has 0 bridgehead atoms. The number of aryl methyl sites for hydroxylation is 1. The number of benzene rings is 2. The molecule has 2 aromatic rings. The zero-order valence-corrected chi connectivity index (χ0v) is 15.6. The van der Waals surface area contributed by atoms with E-state index in [2.05, 4.69) is 10.6 Å². The number of fused-ring (bicyclic) bond motifs is 1. The highest BCUT2D eigenvalue weighted by molar-refractivity contribution is 6.01. The Morgan fingerprint density at radius 3 is 2.78 bits per heavy atom. The first-order chi connectivity index (χ1) is 13.1. The fourth-order valence-electron chi connectivity index (χ4n) is 3.32. The highest BCUT2D eigenvalue weighted by atomic mass is 16.5. The monoisotopic (exact) mass is 368 g/mol. The van der Waals surface area contributed by atoms with Crippen molar-refractivity contribution in [2.75, 3.05) is 26.1 Å². The summed E-state index contributed by atoms with van der Waals surface area (Å²) in [7, 11) is 3.23. The predicted octanol–water partition coefficient (Wildman–Crippen LogP) is 2.88. The molecule has 0 saturated carbocycles. The third kappa shape index (κ3) is 4.39. The summed E-state index contributed by atoms with van der Waals surface area (Å²) in [5, 5.41) is 5.77. The molecule has 1 aliphatic heterocycles. The number of ether oxygens (including phenoxy) is 2. The minimum atomic E-state index is -0.505. The van der Waals surface area contributed by atoms with Crippen LogP contribution in [0.15, 0.2) is 42.5 Å². The van der Waals surface area contributed by atoms with E-state index in [1.165, 1.54) is 0 Å². The van der Waals surface area contributed by atoms with Crippen molar-refractivity contribution in [1.29, 1.82) is 0 Å². The van der Waals surface area contributed by atoms with E-state index in [1.54, 1.807) is 26.4 Å². The second-order valence-electron chi connectivity index (χ2n) is 6.46. The van der Waals surface area contributed by atoms with Gasteiger partial charge in [0.25, 0.3) is 0 Å². The zero-order chi connectivity index (χ0) is 19.2. The van der Waals surface area contributed by atoms with Crippen molar-refractivity contribution >= 4 is 17.5 Å². The first-order valence-corrected chi connectivity index (χ1v) is 8.99. The van der Waals surface area contributed by atoms with Crippen LogP contribution in [0.4, 0.5) is 5.69 Å². The lowest BCUT2D eigenvalue weighted by Gasteiger charge is -2.25. The molecular weight excluding hydrogens is 344 g/mol. The molecule has 0 unspecified atom stereocenters. The maximum atomic E-state index is 12.7. The van der Waals surface area contributed by atoms with Crippen LogP contribution in [0.3, 0.4) is 0 Å². The molecule has 3 rings (SSSR count). The van der Waals surface area contributed by atoms with Crippen LogP contribution in [0.2, 0.25) is 0 Å². The van der Waals surface area contributed by atoms with Crippen molar-refractivity contribution in [2.45, 2.75) is 25.2 Å². The van der Waals surface area contributed by atoms with Gasteiger partial charge in [0.1, 0.15) is 11.5 Å². The maximum absolute atomic E-state index is 12.7. The number of amides is 2. The Kier molecular flexibility index (Phi) is 5.96. The number of carbonyl (C=O) groups excluding carboxylic acids is 2. The van der Waals surface area contributed by atoms with Crippen LogP contribution < -0.4 is 20.1 Å². The number of hydrogen-bond acceptors (Lipinski definition) is 4. The van der Waals surface area contributed by atoms with Crippen molar-refractivity contribution in [1.82, 2.24) is 5.32 Å². The quantitative estimate of drug-likeness (QED) is 0.737.